The zero-order valence-corrected chi connectivity index (χ0v) is 24.0. The quantitative estimate of drug-likeness (QED) is 0.238. The van der Waals surface area contributed by atoms with E-state index in [0.717, 1.165) is 63.4 Å². The highest BCUT2D eigenvalue weighted by Gasteiger charge is 2.35. The molecule has 1 amide bonds. The second-order valence-corrected chi connectivity index (χ2v) is 12.1. The molecule has 41 heavy (non-hydrogen) atoms. The van der Waals surface area contributed by atoms with Gasteiger partial charge in [-0.25, -0.2) is 9.78 Å². The number of benzene rings is 3. The van der Waals surface area contributed by atoms with Crippen LogP contribution in [0.3, 0.4) is 0 Å². The van der Waals surface area contributed by atoms with Crippen LogP contribution in [0.4, 0.5) is 4.79 Å². The fourth-order valence-corrected chi connectivity index (χ4v) is 6.10. The molecule has 1 fully saturated rings. The summed E-state index contributed by atoms with van der Waals surface area (Å²) in [4.78, 5) is 22.8. The molecule has 1 saturated heterocycles. The van der Waals surface area contributed by atoms with Crippen LogP contribution in [-0.2, 0) is 4.74 Å². The Hall–Kier alpha value is -4.23. The summed E-state index contributed by atoms with van der Waals surface area (Å²) in [5.41, 5.74) is 5.51. The van der Waals surface area contributed by atoms with Crippen molar-refractivity contribution in [1.29, 1.82) is 0 Å². The number of H-pyrrole nitrogens is 1. The summed E-state index contributed by atoms with van der Waals surface area (Å²) in [5.74, 6) is 1.56. The summed E-state index contributed by atoms with van der Waals surface area (Å²) >= 11 is 6.35. The molecule has 5 aromatic rings. The van der Waals surface area contributed by atoms with Crippen molar-refractivity contribution in [1.82, 2.24) is 19.4 Å². The number of hydrogen-bond acceptors (Lipinski definition) is 4. The Morgan fingerprint density at radius 1 is 1.07 bits per heavy atom. The van der Waals surface area contributed by atoms with Gasteiger partial charge in [0.05, 0.1) is 29.1 Å². The maximum absolute atomic E-state index is 12.8. The normalized spacial score (nSPS) is 18.2. The Morgan fingerprint density at radius 2 is 1.90 bits per heavy atom. The predicted octanol–water partition coefficient (Wildman–Crippen LogP) is 8.36. The number of fused-ring (bicyclic) bond motifs is 5. The number of carbonyl (C=O) groups is 1. The van der Waals surface area contributed by atoms with E-state index in [1.165, 1.54) is 0 Å². The van der Waals surface area contributed by atoms with Gasteiger partial charge in [-0.15, -0.1) is 0 Å². The number of carbonyl (C=O) groups excluding carboxylic acids is 1. The summed E-state index contributed by atoms with van der Waals surface area (Å²) in [6.07, 6.45) is 2.95. The zero-order chi connectivity index (χ0) is 28.3. The molecule has 2 atom stereocenters. The lowest BCUT2D eigenvalue weighted by molar-refractivity contribution is 0.0218. The maximum Gasteiger partial charge on any atom is 0.410 e. The highest BCUT2D eigenvalue weighted by atomic mass is 35.5. The first kappa shape index (κ1) is 25.7. The third-order valence-corrected chi connectivity index (χ3v) is 7.95. The zero-order valence-electron chi connectivity index (χ0n) is 23.2. The number of imidazole rings is 1. The molecule has 1 N–H and O–H groups in total. The molecule has 0 unspecified atom stereocenters. The standard InChI is InChI=1S/C33H31ClN4O3/c1-33(2,3)41-32(39)37-15-7-10-27(37)30-35-19-25(36-30)21-11-13-24-28-17-22-16-23(34)12-14-26(22)38(28)31(40-29(24)18-21)20-8-5-4-6-9-20/h4-6,8-9,11-14,16-19,27,31H,7,10,15H2,1-3H3,(H,35,36)/t27-,31-/m0/s1. The number of nitrogens with one attached hydrogen (secondary N) is 1. The molecular formula is C33H31ClN4O3. The molecule has 7 nitrogen and oxygen atoms in total. The average molecular weight is 567 g/mol. The largest absolute Gasteiger partial charge is 0.465 e. The van der Waals surface area contributed by atoms with Crippen LogP contribution < -0.4 is 4.74 Å². The molecule has 0 spiro atoms. The highest BCUT2D eigenvalue weighted by Crippen LogP contribution is 2.45. The van der Waals surface area contributed by atoms with Crippen molar-refractivity contribution >= 4 is 28.6 Å². The van der Waals surface area contributed by atoms with E-state index < -0.39 is 5.60 Å². The van der Waals surface area contributed by atoms with Crippen molar-refractivity contribution in [2.24, 2.45) is 0 Å². The van der Waals surface area contributed by atoms with Crippen molar-refractivity contribution in [3.05, 3.63) is 95.4 Å². The molecule has 208 valence electrons. The minimum Gasteiger partial charge on any atom is -0.465 e. The monoisotopic (exact) mass is 566 g/mol. The first-order chi connectivity index (χ1) is 19.7. The SMILES string of the molecule is CC(C)(C)OC(=O)N1CCC[C@H]1c1ncc(-c2ccc3c(c2)O[C@@H](c2ccccc2)n2c-3cc3cc(Cl)ccc32)[nH]1. The summed E-state index contributed by atoms with van der Waals surface area (Å²) in [6, 6.07) is 24.5. The van der Waals surface area contributed by atoms with Gasteiger partial charge >= 0.3 is 6.09 Å². The Labute approximate surface area is 243 Å². The third kappa shape index (κ3) is 4.64. The minimum atomic E-state index is -0.544. The predicted molar refractivity (Wildman–Crippen MR) is 160 cm³/mol. The van der Waals surface area contributed by atoms with Gasteiger partial charge < -0.3 is 19.0 Å². The Balaban J connectivity index is 1.25. The summed E-state index contributed by atoms with van der Waals surface area (Å²) < 4.78 is 14.6. The number of aromatic nitrogens is 3. The number of hydrogen-bond donors (Lipinski definition) is 1. The lowest BCUT2D eigenvalue weighted by atomic mass is 10.0. The fourth-order valence-electron chi connectivity index (χ4n) is 5.92. The summed E-state index contributed by atoms with van der Waals surface area (Å²) in [7, 11) is 0. The fraction of sp³-hybridized carbons (Fsp3) is 0.273. The van der Waals surface area contributed by atoms with Gasteiger partial charge in [0.1, 0.15) is 17.2 Å². The molecular weight excluding hydrogens is 536 g/mol. The molecule has 0 radical (unpaired) electrons. The molecule has 8 heteroatoms. The second-order valence-electron chi connectivity index (χ2n) is 11.7. The number of nitrogens with zero attached hydrogens (tertiary/aromatic N) is 3. The number of rotatable bonds is 3. The van der Waals surface area contributed by atoms with Gasteiger partial charge in [-0.3, -0.25) is 4.90 Å². The van der Waals surface area contributed by atoms with E-state index in [0.29, 0.717) is 11.6 Å². The van der Waals surface area contributed by atoms with Crippen molar-refractivity contribution in [2.45, 2.75) is 51.5 Å². The number of amides is 1. The number of ether oxygens (including phenoxy) is 2. The molecule has 3 aromatic carbocycles. The molecule has 2 aliphatic heterocycles. The van der Waals surface area contributed by atoms with Crippen LogP contribution in [0.25, 0.3) is 33.4 Å². The van der Waals surface area contributed by atoms with Gasteiger partial charge in [0, 0.05) is 33.6 Å². The van der Waals surface area contributed by atoms with E-state index in [2.05, 4.69) is 57.0 Å². The molecule has 0 bridgehead atoms. The van der Waals surface area contributed by atoms with Gasteiger partial charge in [0.2, 0.25) is 6.23 Å². The van der Waals surface area contributed by atoms with Crippen LogP contribution in [0.2, 0.25) is 5.02 Å². The Kier molecular flexibility index (Phi) is 6.08. The lowest BCUT2D eigenvalue weighted by Gasteiger charge is -2.30. The van der Waals surface area contributed by atoms with Crippen molar-refractivity contribution in [3.63, 3.8) is 0 Å². The molecule has 2 aromatic heterocycles. The Bertz CT molecular complexity index is 1770. The van der Waals surface area contributed by atoms with Crippen LogP contribution in [0.5, 0.6) is 5.75 Å². The van der Waals surface area contributed by atoms with Crippen LogP contribution in [0.15, 0.2) is 79.0 Å². The van der Waals surface area contributed by atoms with E-state index in [1.54, 1.807) is 4.90 Å². The van der Waals surface area contributed by atoms with E-state index in [9.17, 15) is 4.79 Å². The van der Waals surface area contributed by atoms with Crippen molar-refractivity contribution in [2.75, 3.05) is 6.54 Å². The van der Waals surface area contributed by atoms with E-state index >= 15 is 0 Å². The van der Waals surface area contributed by atoms with Gasteiger partial charge in [0.25, 0.3) is 0 Å². The highest BCUT2D eigenvalue weighted by molar-refractivity contribution is 6.31. The van der Waals surface area contributed by atoms with E-state index in [-0.39, 0.29) is 18.4 Å². The number of likely N-dealkylation sites (tertiary alicyclic amines) is 1. The van der Waals surface area contributed by atoms with Crippen molar-refractivity contribution < 1.29 is 14.3 Å². The third-order valence-electron chi connectivity index (χ3n) is 7.72. The first-order valence-corrected chi connectivity index (χ1v) is 14.3. The first-order valence-electron chi connectivity index (χ1n) is 14.0. The van der Waals surface area contributed by atoms with Crippen molar-refractivity contribution in [3.8, 4) is 28.3 Å². The molecule has 0 aliphatic carbocycles. The van der Waals surface area contributed by atoms with Gasteiger partial charge in [-0.05, 0) is 70.0 Å². The summed E-state index contributed by atoms with van der Waals surface area (Å²) in [5, 5.41) is 1.77. The smallest absolute Gasteiger partial charge is 0.410 e. The number of halogens is 1. The molecule has 4 heterocycles. The van der Waals surface area contributed by atoms with Gasteiger partial charge in [0.15, 0.2) is 0 Å². The van der Waals surface area contributed by atoms with E-state index in [1.807, 2.05) is 57.3 Å². The van der Waals surface area contributed by atoms with E-state index in [4.69, 9.17) is 21.1 Å². The number of aromatic amines is 1. The average Bonchev–Trinajstić information content (AvgIpc) is 3.70. The minimum absolute atomic E-state index is 0.141. The molecule has 2 aliphatic rings. The van der Waals surface area contributed by atoms with Gasteiger partial charge in [-0.2, -0.15) is 0 Å². The molecule has 0 saturated carbocycles. The maximum atomic E-state index is 12.8. The Morgan fingerprint density at radius 3 is 2.71 bits per heavy atom. The molecule has 7 rings (SSSR count). The van der Waals surface area contributed by atoms with Crippen LogP contribution in [0, 0.1) is 0 Å². The van der Waals surface area contributed by atoms with Crippen LogP contribution >= 0.6 is 11.6 Å². The van der Waals surface area contributed by atoms with Crippen LogP contribution in [-0.4, -0.2) is 37.7 Å². The second kappa shape index (κ2) is 9.70. The lowest BCUT2D eigenvalue weighted by Crippen LogP contribution is -2.36. The van der Waals surface area contributed by atoms with Crippen LogP contribution in [0.1, 0.15) is 57.3 Å². The topological polar surface area (TPSA) is 72.4 Å². The van der Waals surface area contributed by atoms with Gasteiger partial charge in [-0.1, -0.05) is 48.0 Å². The summed E-state index contributed by atoms with van der Waals surface area (Å²) in [6.45, 7) is 6.31.